The van der Waals surface area contributed by atoms with Gasteiger partial charge < -0.3 is 16.0 Å². The fraction of sp³-hybridized carbons (Fsp3) is 0.615. The lowest BCUT2D eigenvalue weighted by atomic mass is 10.1. The van der Waals surface area contributed by atoms with Crippen molar-refractivity contribution in [2.75, 3.05) is 24.5 Å². The van der Waals surface area contributed by atoms with Gasteiger partial charge in [0.1, 0.15) is 11.1 Å². The molecule has 0 bridgehead atoms. The van der Waals surface area contributed by atoms with E-state index in [1.807, 2.05) is 6.92 Å². The number of nitrogens with one attached hydrogen (secondary N) is 1. The number of unbranched alkanes of at least 4 members (excludes halogenated alkanes) is 1. The zero-order valence-electron chi connectivity index (χ0n) is 12.0. The van der Waals surface area contributed by atoms with Gasteiger partial charge in [-0.15, -0.1) is 0 Å². The molecule has 1 amide bonds. The van der Waals surface area contributed by atoms with Crippen LogP contribution in [0.5, 0.6) is 0 Å². The molecule has 7 nitrogen and oxygen atoms in total. The standard InChI is InChI=1S/C13H20ClN5O2/c1-2-3-5-19-13(21)11(14)9(8-17-19)18-6-4-16-7-10(18)12(15)20/h8,10,16H,2-7H2,1H3,(H2,15,20). The van der Waals surface area contributed by atoms with E-state index in [1.54, 1.807) is 11.1 Å². The van der Waals surface area contributed by atoms with Crippen molar-refractivity contribution in [3.63, 3.8) is 0 Å². The van der Waals surface area contributed by atoms with Gasteiger partial charge in [0.2, 0.25) is 5.91 Å². The summed E-state index contributed by atoms with van der Waals surface area (Å²) in [6.45, 7) is 4.26. The van der Waals surface area contributed by atoms with E-state index in [4.69, 9.17) is 17.3 Å². The molecule has 1 unspecified atom stereocenters. The maximum absolute atomic E-state index is 12.2. The molecule has 2 heterocycles. The molecule has 0 aromatic carbocycles. The fourth-order valence-electron chi connectivity index (χ4n) is 2.37. The second kappa shape index (κ2) is 6.91. The van der Waals surface area contributed by atoms with Crippen LogP contribution < -0.4 is 21.5 Å². The Hall–Kier alpha value is -1.60. The molecule has 1 aliphatic heterocycles. The highest BCUT2D eigenvalue weighted by Crippen LogP contribution is 2.23. The average Bonchev–Trinajstić information content (AvgIpc) is 2.49. The molecule has 21 heavy (non-hydrogen) atoms. The Morgan fingerprint density at radius 3 is 3.05 bits per heavy atom. The first-order chi connectivity index (χ1) is 10.1. The zero-order chi connectivity index (χ0) is 15.4. The molecule has 0 aliphatic carbocycles. The van der Waals surface area contributed by atoms with Gasteiger partial charge in [-0.3, -0.25) is 9.59 Å². The van der Waals surface area contributed by atoms with E-state index in [9.17, 15) is 9.59 Å². The van der Waals surface area contributed by atoms with Crippen LogP contribution in [-0.2, 0) is 11.3 Å². The van der Waals surface area contributed by atoms with E-state index in [-0.39, 0.29) is 10.6 Å². The maximum atomic E-state index is 12.2. The van der Waals surface area contributed by atoms with Crippen LogP contribution in [0.25, 0.3) is 0 Å². The van der Waals surface area contributed by atoms with Gasteiger partial charge in [-0.2, -0.15) is 5.10 Å². The average molecular weight is 314 g/mol. The number of halogens is 1. The number of amides is 1. The molecule has 1 aromatic rings. The van der Waals surface area contributed by atoms with Gasteiger partial charge in [0.05, 0.1) is 11.9 Å². The molecule has 116 valence electrons. The van der Waals surface area contributed by atoms with Crippen molar-refractivity contribution in [1.82, 2.24) is 15.1 Å². The third-order valence-electron chi connectivity index (χ3n) is 3.57. The van der Waals surface area contributed by atoms with Crippen molar-refractivity contribution in [3.05, 3.63) is 21.6 Å². The molecule has 0 radical (unpaired) electrons. The summed E-state index contributed by atoms with van der Waals surface area (Å²) in [5.41, 5.74) is 5.55. The quantitative estimate of drug-likeness (QED) is 0.795. The summed E-state index contributed by atoms with van der Waals surface area (Å²) >= 11 is 6.19. The minimum absolute atomic E-state index is 0.0919. The molecule has 3 N–H and O–H groups in total. The number of aromatic nitrogens is 2. The predicted octanol–water partition coefficient (Wildman–Crippen LogP) is -0.0397. The van der Waals surface area contributed by atoms with Crippen LogP contribution in [0.1, 0.15) is 19.8 Å². The smallest absolute Gasteiger partial charge is 0.287 e. The van der Waals surface area contributed by atoms with Crippen molar-refractivity contribution >= 4 is 23.2 Å². The third kappa shape index (κ3) is 3.36. The summed E-state index contributed by atoms with van der Waals surface area (Å²) in [6, 6.07) is -0.524. The first-order valence-electron chi connectivity index (χ1n) is 7.08. The van der Waals surface area contributed by atoms with Gasteiger partial charge in [0.25, 0.3) is 5.56 Å². The van der Waals surface area contributed by atoms with Crippen molar-refractivity contribution < 1.29 is 4.79 Å². The minimum Gasteiger partial charge on any atom is -0.368 e. The first kappa shape index (κ1) is 15.8. The van der Waals surface area contributed by atoms with Gasteiger partial charge in [-0.05, 0) is 6.42 Å². The molecular weight excluding hydrogens is 294 g/mol. The predicted molar refractivity (Wildman–Crippen MR) is 81.6 cm³/mol. The maximum Gasteiger partial charge on any atom is 0.287 e. The van der Waals surface area contributed by atoms with E-state index in [2.05, 4.69) is 10.4 Å². The number of rotatable bonds is 5. The molecule has 1 aromatic heterocycles. The molecule has 0 saturated carbocycles. The highest BCUT2D eigenvalue weighted by atomic mass is 35.5. The van der Waals surface area contributed by atoms with Gasteiger partial charge in [0.15, 0.2) is 0 Å². The number of carbonyl (C=O) groups is 1. The van der Waals surface area contributed by atoms with Crippen LogP contribution >= 0.6 is 11.6 Å². The lowest BCUT2D eigenvalue weighted by molar-refractivity contribution is -0.119. The number of carbonyl (C=O) groups excluding carboxylic acids is 1. The van der Waals surface area contributed by atoms with Gasteiger partial charge >= 0.3 is 0 Å². The van der Waals surface area contributed by atoms with Crippen LogP contribution in [-0.4, -0.2) is 41.4 Å². The largest absolute Gasteiger partial charge is 0.368 e. The minimum atomic E-state index is -0.524. The van der Waals surface area contributed by atoms with Crippen LogP contribution in [0.3, 0.4) is 0 Å². The number of piperazine rings is 1. The van der Waals surface area contributed by atoms with Crippen LogP contribution in [0.4, 0.5) is 5.69 Å². The van der Waals surface area contributed by atoms with Gasteiger partial charge in [-0.1, -0.05) is 24.9 Å². The van der Waals surface area contributed by atoms with E-state index in [0.29, 0.717) is 31.9 Å². The van der Waals surface area contributed by atoms with Crippen LogP contribution in [0.15, 0.2) is 11.0 Å². The van der Waals surface area contributed by atoms with Crippen molar-refractivity contribution in [2.45, 2.75) is 32.4 Å². The highest BCUT2D eigenvalue weighted by Gasteiger charge is 2.29. The number of nitrogens with two attached hydrogens (primary N) is 1. The number of aryl methyl sites for hydroxylation is 1. The molecule has 1 aliphatic rings. The van der Waals surface area contributed by atoms with Crippen molar-refractivity contribution in [3.8, 4) is 0 Å². The number of anilines is 1. The topological polar surface area (TPSA) is 93.2 Å². The highest BCUT2D eigenvalue weighted by molar-refractivity contribution is 6.33. The normalized spacial score (nSPS) is 18.8. The SMILES string of the molecule is CCCCn1ncc(N2CCNCC2C(N)=O)c(Cl)c1=O. The second-order valence-corrected chi connectivity index (χ2v) is 5.42. The number of primary amides is 1. The Morgan fingerprint density at radius 2 is 2.38 bits per heavy atom. The number of hydrogen-bond donors (Lipinski definition) is 2. The van der Waals surface area contributed by atoms with E-state index in [0.717, 1.165) is 12.8 Å². The Kier molecular flexibility index (Phi) is 5.19. The van der Waals surface area contributed by atoms with E-state index < -0.39 is 11.9 Å². The summed E-state index contributed by atoms with van der Waals surface area (Å²) < 4.78 is 1.36. The fourth-order valence-corrected chi connectivity index (χ4v) is 2.63. The van der Waals surface area contributed by atoms with Crippen LogP contribution in [0, 0.1) is 0 Å². The Bertz CT molecular complexity index is 574. The summed E-state index contributed by atoms with van der Waals surface area (Å²) in [5, 5.41) is 7.34. The molecule has 1 fully saturated rings. The van der Waals surface area contributed by atoms with Crippen LogP contribution in [0.2, 0.25) is 5.02 Å². The van der Waals surface area contributed by atoms with Crippen molar-refractivity contribution in [2.24, 2.45) is 5.73 Å². The lowest BCUT2D eigenvalue weighted by Crippen LogP contribution is -2.57. The zero-order valence-corrected chi connectivity index (χ0v) is 12.8. The van der Waals surface area contributed by atoms with E-state index >= 15 is 0 Å². The molecule has 8 heteroatoms. The molecule has 0 spiro atoms. The molecule has 1 atom stereocenters. The Balaban J connectivity index is 2.33. The molecule has 1 saturated heterocycles. The monoisotopic (exact) mass is 313 g/mol. The van der Waals surface area contributed by atoms with Gasteiger partial charge in [-0.25, -0.2) is 4.68 Å². The summed E-state index contributed by atoms with van der Waals surface area (Å²) in [5.74, 6) is -0.451. The molecular formula is C13H20ClN5O2. The van der Waals surface area contributed by atoms with E-state index in [1.165, 1.54) is 4.68 Å². The summed E-state index contributed by atoms with van der Waals surface area (Å²) in [4.78, 5) is 25.5. The Labute approximate surface area is 128 Å². The number of hydrogen-bond acceptors (Lipinski definition) is 5. The summed E-state index contributed by atoms with van der Waals surface area (Å²) in [6.07, 6.45) is 3.37. The Morgan fingerprint density at radius 1 is 1.62 bits per heavy atom. The lowest BCUT2D eigenvalue weighted by Gasteiger charge is -2.36. The summed E-state index contributed by atoms with van der Waals surface area (Å²) in [7, 11) is 0. The molecule has 2 rings (SSSR count). The third-order valence-corrected chi connectivity index (χ3v) is 3.93. The second-order valence-electron chi connectivity index (χ2n) is 5.04. The first-order valence-corrected chi connectivity index (χ1v) is 7.46. The van der Waals surface area contributed by atoms with Gasteiger partial charge in [0, 0.05) is 26.2 Å². The van der Waals surface area contributed by atoms with Crippen molar-refractivity contribution in [1.29, 1.82) is 0 Å². The number of nitrogens with zero attached hydrogens (tertiary/aromatic N) is 3.